The highest BCUT2D eigenvalue weighted by molar-refractivity contribution is 7.79. The summed E-state index contributed by atoms with van der Waals surface area (Å²) in [6, 6.07) is 0. The predicted molar refractivity (Wildman–Crippen MR) is 36.3 cm³/mol. The lowest BCUT2D eigenvalue weighted by Crippen LogP contribution is -2.08. The molecule has 0 bridgehead atoms. The van der Waals surface area contributed by atoms with Gasteiger partial charge < -0.3 is 0 Å². The molecule has 0 aliphatic heterocycles. The van der Waals surface area contributed by atoms with Gasteiger partial charge in [0.05, 0.1) is 0 Å². The summed E-state index contributed by atoms with van der Waals surface area (Å²) in [6.07, 6.45) is 3.26. The second-order valence-corrected chi connectivity index (χ2v) is 3.39. The maximum Gasteiger partial charge on any atom is 0.534 e. The van der Waals surface area contributed by atoms with E-state index in [1.807, 2.05) is 0 Å². The molecule has 9 heavy (non-hydrogen) atoms. The topological polar surface area (TPSA) is 34.9 Å². The lowest BCUT2D eigenvalue weighted by Gasteiger charge is -1.80. The van der Waals surface area contributed by atoms with Crippen LogP contribution in [0.4, 0.5) is 0 Å². The standard InChI is InChI=1S/C4H5ClN2OP/c1-7-3-2-6-4(7)9(5)8/h2-3H,1H3/q+1. The van der Waals surface area contributed by atoms with Crippen molar-refractivity contribution >= 4 is 24.0 Å². The van der Waals surface area contributed by atoms with Crippen molar-refractivity contribution in [1.29, 1.82) is 0 Å². The predicted octanol–water partition coefficient (Wildman–Crippen LogP) is 1.03. The maximum absolute atomic E-state index is 10.6. The molecule has 0 N–H and O–H groups in total. The molecular formula is C4H5ClN2OP+. The molecule has 0 aliphatic carbocycles. The van der Waals surface area contributed by atoms with Gasteiger partial charge in [0, 0.05) is 19.4 Å². The van der Waals surface area contributed by atoms with Gasteiger partial charge >= 0.3 is 12.7 Å². The lowest BCUT2D eigenvalue weighted by atomic mass is 10.9. The van der Waals surface area contributed by atoms with E-state index >= 15 is 0 Å². The van der Waals surface area contributed by atoms with Crippen LogP contribution in [0.2, 0.25) is 0 Å². The van der Waals surface area contributed by atoms with Crippen LogP contribution in [0.25, 0.3) is 0 Å². The van der Waals surface area contributed by atoms with E-state index in [0.29, 0.717) is 5.57 Å². The van der Waals surface area contributed by atoms with Crippen molar-refractivity contribution in [2.24, 2.45) is 7.05 Å². The molecule has 1 aromatic rings. The number of aryl methyl sites for hydroxylation is 1. The van der Waals surface area contributed by atoms with Gasteiger partial charge in [0.2, 0.25) is 11.2 Å². The van der Waals surface area contributed by atoms with Crippen molar-refractivity contribution < 1.29 is 4.57 Å². The molecule has 0 saturated carbocycles. The number of hydrogen-bond donors (Lipinski definition) is 0. The Morgan fingerprint density at radius 3 is 2.78 bits per heavy atom. The fraction of sp³-hybridized carbons (Fsp3) is 0.250. The van der Waals surface area contributed by atoms with Crippen LogP contribution in [-0.4, -0.2) is 9.55 Å². The summed E-state index contributed by atoms with van der Waals surface area (Å²) in [6.45, 7) is 0. The van der Waals surface area contributed by atoms with Crippen molar-refractivity contribution in [3.05, 3.63) is 12.4 Å². The second-order valence-electron chi connectivity index (χ2n) is 1.58. The summed E-state index contributed by atoms with van der Waals surface area (Å²) in [5.74, 6) is 0. The second kappa shape index (κ2) is 2.46. The zero-order chi connectivity index (χ0) is 6.85. The van der Waals surface area contributed by atoms with E-state index < -0.39 is 7.15 Å². The molecule has 1 heterocycles. The number of halogens is 1. The Kier molecular flexibility index (Phi) is 1.84. The van der Waals surface area contributed by atoms with Gasteiger partial charge in [0.15, 0.2) is 0 Å². The molecule has 0 radical (unpaired) electrons. The number of imidazole rings is 1. The SMILES string of the molecule is Cn1ccnc1[P+](=O)Cl. The third-order valence-electron chi connectivity index (χ3n) is 0.953. The molecule has 1 aromatic heterocycles. The smallest absolute Gasteiger partial charge is 0.294 e. The largest absolute Gasteiger partial charge is 0.534 e. The first-order valence-corrected chi connectivity index (χ1v) is 4.48. The van der Waals surface area contributed by atoms with Crippen LogP contribution in [0.5, 0.6) is 0 Å². The average molecular weight is 164 g/mol. The molecule has 1 rings (SSSR count). The van der Waals surface area contributed by atoms with Gasteiger partial charge in [-0.05, 0) is 4.57 Å². The minimum atomic E-state index is -1.81. The molecule has 1 atom stereocenters. The fourth-order valence-corrected chi connectivity index (χ4v) is 1.49. The maximum atomic E-state index is 10.6. The number of nitrogens with zero attached hydrogens (tertiary/aromatic N) is 2. The highest BCUT2D eigenvalue weighted by Gasteiger charge is 2.21. The molecule has 3 nitrogen and oxygen atoms in total. The van der Waals surface area contributed by atoms with Crippen molar-refractivity contribution in [1.82, 2.24) is 9.55 Å². The first-order chi connectivity index (χ1) is 4.22. The Morgan fingerprint density at radius 1 is 1.89 bits per heavy atom. The summed E-state index contributed by atoms with van der Waals surface area (Å²) >= 11 is 5.28. The minimum absolute atomic E-state index is 0.423. The van der Waals surface area contributed by atoms with E-state index in [9.17, 15) is 4.57 Å². The first-order valence-electron chi connectivity index (χ1n) is 2.32. The summed E-state index contributed by atoms with van der Waals surface area (Å²) in [4.78, 5) is 3.76. The van der Waals surface area contributed by atoms with E-state index in [-0.39, 0.29) is 0 Å². The Hall–Kier alpha value is -0.400. The van der Waals surface area contributed by atoms with Gasteiger partial charge in [-0.2, -0.15) is 4.98 Å². The quantitative estimate of drug-likeness (QED) is 0.580. The Balaban J connectivity index is 3.08. The highest BCUT2D eigenvalue weighted by atomic mass is 35.7. The molecule has 48 valence electrons. The van der Waals surface area contributed by atoms with E-state index in [1.54, 1.807) is 24.0 Å². The Morgan fingerprint density at radius 2 is 2.56 bits per heavy atom. The van der Waals surface area contributed by atoms with Crippen molar-refractivity contribution in [2.75, 3.05) is 0 Å². The fourth-order valence-electron chi connectivity index (χ4n) is 0.527. The first kappa shape index (κ1) is 6.72. The number of rotatable bonds is 1. The summed E-state index contributed by atoms with van der Waals surface area (Å²) < 4.78 is 12.2. The molecule has 5 heteroatoms. The molecule has 0 aliphatic rings. The van der Waals surface area contributed by atoms with Gasteiger partial charge in [0.1, 0.15) is 0 Å². The molecule has 0 aromatic carbocycles. The summed E-state index contributed by atoms with van der Waals surface area (Å²) in [5, 5.41) is 0. The van der Waals surface area contributed by atoms with Crippen LogP contribution in [0.15, 0.2) is 12.4 Å². The summed E-state index contributed by atoms with van der Waals surface area (Å²) in [5.41, 5.74) is 0.423. The zero-order valence-electron chi connectivity index (χ0n) is 4.78. The van der Waals surface area contributed by atoms with Crippen LogP contribution >= 0.6 is 18.4 Å². The van der Waals surface area contributed by atoms with Crippen LogP contribution in [0.1, 0.15) is 0 Å². The highest BCUT2D eigenvalue weighted by Crippen LogP contribution is 2.23. The number of hydrogen-bond acceptors (Lipinski definition) is 2. The van der Waals surface area contributed by atoms with Gasteiger partial charge in [-0.15, -0.1) is 0 Å². The molecule has 1 unspecified atom stereocenters. The van der Waals surface area contributed by atoms with Gasteiger partial charge in [-0.3, -0.25) is 4.57 Å². The molecule has 0 spiro atoms. The van der Waals surface area contributed by atoms with Crippen LogP contribution in [0.3, 0.4) is 0 Å². The summed E-state index contributed by atoms with van der Waals surface area (Å²) in [7, 11) is -0.0573. The number of aromatic nitrogens is 2. The van der Waals surface area contributed by atoms with Crippen LogP contribution in [0, 0.1) is 0 Å². The minimum Gasteiger partial charge on any atom is -0.294 e. The third kappa shape index (κ3) is 1.29. The molecular weight excluding hydrogens is 158 g/mol. The Labute approximate surface area is 58.2 Å². The van der Waals surface area contributed by atoms with Crippen molar-refractivity contribution in [2.45, 2.75) is 0 Å². The van der Waals surface area contributed by atoms with E-state index in [0.717, 1.165) is 0 Å². The molecule has 0 fully saturated rings. The van der Waals surface area contributed by atoms with Crippen LogP contribution < -0.4 is 5.57 Å². The van der Waals surface area contributed by atoms with Gasteiger partial charge in [-0.1, -0.05) is 0 Å². The normalized spacial score (nSPS) is 11.6. The third-order valence-corrected chi connectivity index (χ3v) is 2.15. The van der Waals surface area contributed by atoms with Gasteiger partial charge in [-0.25, -0.2) is 0 Å². The van der Waals surface area contributed by atoms with Crippen molar-refractivity contribution in [3.63, 3.8) is 0 Å². The van der Waals surface area contributed by atoms with Crippen LogP contribution in [-0.2, 0) is 11.6 Å². The van der Waals surface area contributed by atoms with E-state index in [4.69, 9.17) is 11.2 Å². The molecule has 0 saturated heterocycles. The lowest BCUT2D eigenvalue weighted by molar-refractivity contribution is 0.598. The average Bonchev–Trinajstić information content (AvgIpc) is 2.13. The van der Waals surface area contributed by atoms with E-state index in [2.05, 4.69) is 4.98 Å². The zero-order valence-corrected chi connectivity index (χ0v) is 6.43. The van der Waals surface area contributed by atoms with E-state index in [1.165, 1.54) is 0 Å². The van der Waals surface area contributed by atoms with Crippen molar-refractivity contribution in [3.8, 4) is 0 Å². The van der Waals surface area contributed by atoms with Gasteiger partial charge in [0.25, 0.3) is 0 Å². The molecule has 0 amide bonds. The Bertz CT molecular complexity index is 234. The monoisotopic (exact) mass is 163 g/mol.